The number of ether oxygens (including phenoxy) is 1. The normalized spacial score (nSPS) is 10.3. The molecule has 0 bridgehead atoms. The van der Waals surface area contributed by atoms with Crippen molar-refractivity contribution in [3.63, 3.8) is 0 Å². The van der Waals surface area contributed by atoms with Crippen molar-refractivity contribution in [2.45, 2.75) is 19.9 Å². The number of hydrogen-bond donors (Lipinski definition) is 1. The maximum absolute atomic E-state index is 11.8. The standard InChI is InChI=1S/C12H13N5O5S/c1-2-22-11(19)3-8-7-23-12(14-8)15-10(18)6-16-5-9(4-13-16)17(20)21/h4-5,7H,2-3,6H2,1H3,(H,14,15,18). The Labute approximate surface area is 134 Å². The van der Waals surface area contributed by atoms with Crippen molar-refractivity contribution in [1.82, 2.24) is 14.8 Å². The number of carbonyl (C=O) groups is 2. The van der Waals surface area contributed by atoms with Gasteiger partial charge in [-0.15, -0.1) is 11.3 Å². The maximum Gasteiger partial charge on any atom is 0.311 e. The van der Waals surface area contributed by atoms with Crippen LogP contribution in [0.2, 0.25) is 0 Å². The number of esters is 1. The summed E-state index contributed by atoms with van der Waals surface area (Å²) in [5.74, 6) is -0.820. The van der Waals surface area contributed by atoms with Gasteiger partial charge in [0, 0.05) is 5.38 Å². The summed E-state index contributed by atoms with van der Waals surface area (Å²) in [6, 6.07) is 0. The zero-order valence-electron chi connectivity index (χ0n) is 12.1. The second-order valence-corrected chi connectivity index (χ2v) is 5.19. The van der Waals surface area contributed by atoms with E-state index in [1.54, 1.807) is 12.3 Å². The quantitative estimate of drug-likeness (QED) is 0.452. The summed E-state index contributed by atoms with van der Waals surface area (Å²) in [6.45, 7) is 1.83. The summed E-state index contributed by atoms with van der Waals surface area (Å²) < 4.78 is 5.96. The lowest BCUT2D eigenvalue weighted by atomic mass is 10.3. The van der Waals surface area contributed by atoms with E-state index in [1.165, 1.54) is 11.3 Å². The van der Waals surface area contributed by atoms with E-state index >= 15 is 0 Å². The van der Waals surface area contributed by atoms with Gasteiger partial charge in [-0.1, -0.05) is 0 Å². The van der Waals surface area contributed by atoms with Crippen LogP contribution in [0, 0.1) is 10.1 Å². The van der Waals surface area contributed by atoms with E-state index in [0.29, 0.717) is 17.4 Å². The van der Waals surface area contributed by atoms with E-state index in [9.17, 15) is 19.7 Å². The zero-order valence-corrected chi connectivity index (χ0v) is 12.9. The summed E-state index contributed by atoms with van der Waals surface area (Å²) in [5.41, 5.74) is 0.308. The molecule has 2 heterocycles. The molecule has 1 amide bonds. The van der Waals surface area contributed by atoms with Crippen LogP contribution in [0.3, 0.4) is 0 Å². The van der Waals surface area contributed by atoms with Gasteiger partial charge in [0.2, 0.25) is 5.91 Å². The number of nitro groups is 1. The number of carbonyl (C=O) groups excluding carboxylic acids is 2. The lowest BCUT2D eigenvalue weighted by molar-refractivity contribution is -0.385. The molecule has 0 fully saturated rings. The predicted molar refractivity (Wildman–Crippen MR) is 80.0 cm³/mol. The Hall–Kier alpha value is -2.82. The predicted octanol–water partition coefficient (Wildman–Crippen LogP) is 0.992. The van der Waals surface area contributed by atoms with Gasteiger partial charge in [0.05, 0.1) is 23.6 Å². The lowest BCUT2D eigenvalue weighted by Crippen LogP contribution is -2.19. The van der Waals surface area contributed by atoms with Crippen LogP contribution in [0.5, 0.6) is 0 Å². The number of amides is 1. The van der Waals surface area contributed by atoms with Crippen molar-refractivity contribution in [2.24, 2.45) is 0 Å². The number of nitrogens with zero attached hydrogens (tertiary/aromatic N) is 4. The average Bonchev–Trinajstić information content (AvgIpc) is 3.09. The van der Waals surface area contributed by atoms with Crippen molar-refractivity contribution in [3.8, 4) is 0 Å². The van der Waals surface area contributed by atoms with Crippen molar-refractivity contribution in [2.75, 3.05) is 11.9 Å². The number of aromatic nitrogens is 3. The fourth-order valence-electron chi connectivity index (χ4n) is 1.64. The average molecular weight is 339 g/mol. The Morgan fingerprint density at radius 2 is 2.30 bits per heavy atom. The van der Waals surface area contributed by atoms with Crippen molar-refractivity contribution >= 4 is 34.0 Å². The van der Waals surface area contributed by atoms with Crippen LogP contribution < -0.4 is 5.32 Å². The Morgan fingerprint density at radius 3 is 2.96 bits per heavy atom. The van der Waals surface area contributed by atoms with Gasteiger partial charge in [0.25, 0.3) is 0 Å². The van der Waals surface area contributed by atoms with Gasteiger partial charge >= 0.3 is 11.7 Å². The first kappa shape index (κ1) is 16.5. The highest BCUT2D eigenvalue weighted by molar-refractivity contribution is 7.13. The van der Waals surface area contributed by atoms with E-state index < -0.39 is 10.8 Å². The third-order valence-electron chi connectivity index (χ3n) is 2.56. The molecular weight excluding hydrogens is 326 g/mol. The molecule has 10 nitrogen and oxygen atoms in total. The minimum Gasteiger partial charge on any atom is -0.466 e. The molecule has 0 spiro atoms. The molecule has 0 aromatic carbocycles. The summed E-state index contributed by atoms with van der Waals surface area (Å²) in [7, 11) is 0. The first-order valence-corrected chi connectivity index (χ1v) is 7.42. The Bertz CT molecular complexity index is 725. The fourth-order valence-corrected chi connectivity index (χ4v) is 2.37. The van der Waals surface area contributed by atoms with Crippen molar-refractivity contribution in [3.05, 3.63) is 33.6 Å². The smallest absolute Gasteiger partial charge is 0.311 e. The van der Waals surface area contributed by atoms with Crippen LogP contribution in [0.1, 0.15) is 12.6 Å². The fraction of sp³-hybridized carbons (Fsp3) is 0.333. The molecule has 0 saturated carbocycles. The topological polar surface area (TPSA) is 129 Å². The number of thiazole rings is 1. The molecule has 2 aromatic rings. The molecule has 0 atom stereocenters. The maximum atomic E-state index is 11.8. The van der Waals surface area contributed by atoms with E-state index in [-0.39, 0.29) is 24.6 Å². The van der Waals surface area contributed by atoms with E-state index in [1.807, 2.05) is 0 Å². The van der Waals surface area contributed by atoms with Gasteiger partial charge in [-0.2, -0.15) is 5.10 Å². The SMILES string of the molecule is CCOC(=O)Cc1csc(NC(=O)Cn2cc([N+](=O)[O-])cn2)n1. The number of hydrogen-bond acceptors (Lipinski definition) is 8. The molecule has 2 rings (SSSR count). The summed E-state index contributed by atoms with van der Waals surface area (Å²) in [6.07, 6.45) is 2.26. The molecule has 0 aliphatic heterocycles. The van der Waals surface area contributed by atoms with Gasteiger partial charge in [-0.25, -0.2) is 4.98 Å². The second kappa shape index (κ2) is 7.45. The van der Waals surface area contributed by atoms with Gasteiger partial charge in [-0.3, -0.25) is 24.4 Å². The highest BCUT2D eigenvalue weighted by Gasteiger charge is 2.13. The molecule has 0 aliphatic rings. The zero-order chi connectivity index (χ0) is 16.8. The van der Waals surface area contributed by atoms with Crippen LogP contribution in [-0.2, 0) is 27.3 Å². The highest BCUT2D eigenvalue weighted by atomic mass is 32.1. The highest BCUT2D eigenvalue weighted by Crippen LogP contribution is 2.16. The molecule has 23 heavy (non-hydrogen) atoms. The van der Waals surface area contributed by atoms with Crippen LogP contribution in [0.25, 0.3) is 0 Å². The minimum atomic E-state index is -0.593. The first-order valence-electron chi connectivity index (χ1n) is 6.54. The number of anilines is 1. The summed E-state index contributed by atoms with van der Waals surface area (Å²) in [5, 5.41) is 18.8. The molecular formula is C12H13N5O5S. The van der Waals surface area contributed by atoms with Gasteiger partial charge in [-0.05, 0) is 6.92 Å². The monoisotopic (exact) mass is 339 g/mol. The molecule has 0 radical (unpaired) electrons. The third kappa shape index (κ3) is 4.85. The minimum absolute atomic E-state index is 0.0333. The second-order valence-electron chi connectivity index (χ2n) is 4.33. The molecule has 0 saturated heterocycles. The van der Waals surface area contributed by atoms with Crippen LogP contribution in [0.15, 0.2) is 17.8 Å². The lowest BCUT2D eigenvalue weighted by Gasteiger charge is -2.01. The summed E-state index contributed by atoms with van der Waals surface area (Å²) >= 11 is 1.17. The Kier molecular flexibility index (Phi) is 5.36. The third-order valence-corrected chi connectivity index (χ3v) is 3.37. The molecule has 0 aliphatic carbocycles. The molecule has 11 heteroatoms. The number of nitrogens with one attached hydrogen (secondary N) is 1. The first-order chi connectivity index (χ1) is 11.0. The van der Waals surface area contributed by atoms with Crippen LogP contribution in [0.4, 0.5) is 10.8 Å². The number of rotatable bonds is 7. The van der Waals surface area contributed by atoms with Crippen LogP contribution >= 0.6 is 11.3 Å². The summed E-state index contributed by atoms with van der Waals surface area (Å²) in [4.78, 5) is 37.2. The molecule has 2 aromatic heterocycles. The molecule has 1 N–H and O–H groups in total. The van der Waals surface area contributed by atoms with E-state index in [4.69, 9.17) is 4.74 Å². The molecule has 122 valence electrons. The van der Waals surface area contributed by atoms with Crippen molar-refractivity contribution in [1.29, 1.82) is 0 Å². The largest absolute Gasteiger partial charge is 0.466 e. The van der Waals surface area contributed by atoms with Gasteiger partial charge in [0.15, 0.2) is 5.13 Å². The van der Waals surface area contributed by atoms with E-state index in [2.05, 4.69) is 15.4 Å². The van der Waals surface area contributed by atoms with E-state index in [0.717, 1.165) is 17.1 Å². The molecule has 0 unspecified atom stereocenters. The van der Waals surface area contributed by atoms with Gasteiger partial charge < -0.3 is 10.1 Å². The van der Waals surface area contributed by atoms with Gasteiger partial charge in [0.1, 0.15) is 18.9 Å². The Morgan fingerprint density at radius 1 is 1.52 bits per heavy atom. The van der Waals surface area contributed by atoms with Crippen molar-refractivity contribution < 1.29 is 19.2 Å². The Balaban J connectivity index is 1.88. The van der Waals surface area contributed by atoms with Crippen LogP contribution in [-0.4, -0.2) is 38.2 Å².